The van der Waals surface area contributed by atoms with Crippen molar-refractivity contribution < 1.29 is 13.6 Å². The Labute approximate surface area is 162 Å². The molecule has 2 aromatic carbocycles. The molecule has 3 rings (SSSR count). The van der Waals surface area contributed by atoms with Gasteiger partial charge in [0.05, 0.1) is 5.69 Å². The molecule has 0 unspecified atom stereocenters. The number of nitrogens with two attached hydrogens (primary N) is 1. The zero-order chi connectivity index (χ0) is 20.3. The summed E-state index contributed by atoms with van der Waals surface area (Å²) in [7, 11) is 1.73. The van der Waals surface area contributed by atoms with Crippen molar-refractivity contribution >= 4 is 11.7 Å². The summed E-state index contributed by atoms with van der Waals surface area (Å²) in [6.45, 7) is 1.83. The van der Waals surface area contributed by atoms with Crippen molar-refractivity contribution in [2.24, 2.45) is 12.8 Å². The molecule has 28 heavy (non-hydrogen) atoms. The van der Waals surface area contributed by atoms with E-state index in [1.165, 1.54) is 24.3 Å². The standard InChI is InChI=1S/C21H22F2N4O/c1-13-20(15-5-9-17(23)10-6-15)21(27(2)26-13)25-19(28)12-18(24)11-14-3-7-16(22)8-4-14/h3-10,18H,11-12,24H2,1-2H3,(H,25,28)/t18-/m1/s1. The summed E-state index contributed by atoms with van der Waals surface area (Å²) in [5.74, 6) is -0.360. The summed E-state index contributed by atoms with van der Waals surface area (Å²) in [5, 5.41) is 7.23. The van der Waals surface area contributed by atoms with Crippen LogP contribution in [0.15, 0.2) is 48.5 Å². The molecule has 3 N–H and O–H groups in total. The van der Waals surface area contributed by atoms with Gasteiger partial charge in [0.1, 0.15) is 17.5 Å². The van der Waals surface area contributed by atoms with Gasteiger partial charge in [0, 0.05) is 25.1 Å². The second-order valence-electron chi connectivity index (χ2n) is 6.78. The average molecular weight is 384 g/mol. The van der Waals surface area contributed by atoms with Crippen molar-refractivity contribution in [3.05, 3.63) is 71.4 Å². The fourth-order valence-corrected chi connectivity index (χ4v) is 3.18. The topological polar surface area (TPSA) is 72.9 Å². The molecular weight excluding hydrogens is 362 g/mol. The number of aromatic nitrogens is 2. The quantitative estimate of drug-likeness (QED) is 0.682. The molecule has 0 fully saturated rings. The van der Waals surface area contributed by atoms with Gasteiger partial charge < -0.3 is 11.1 Å². The molecule has 1 amide bonds. The third kappa shape index (κ3) is 4.61. The lowest BCUT2D eigenvalue weighted by atomic mass is 10.0. The number of benzene rings is 2. The minimum atomic E-state index is -0.408. The highest BCUT2D eigenvalue weighted by atomic mass is 19.1. The summed E-state index contributed by atoms with van der Waals surface area (Å²) in [4.78, 5) is 12.5. The van der Waals surface area contributed by atoms with Crippen molar-refractivity contribution in [2.45, 2.75) is 25.8 Å². The predicted molar refractivity (Wildman–Crippen MR) is 105 cm³/mol. The lowest BCUT2D eigenvalue weighted by molar-refractivity contribution is -0.116. The summed E-state index contributed by atoms with van der Waals surface area (Å²) in [6.07, 6.45) is 0.563. The maximum Gasteiger partial charge on any atom is 0.227 e. The Hall–Kier alpha value is -3.06. The number of hydrogen-bond acceptors (Lipinski definition) is 3. The van der Waals surface area contributed by atoms with Crippen LogP contribution in [0.1, 0.15) is 17.7 Å². The van der Waals surface area contributed by atoms with Crippen LogP contribution in [0.4, 0.5) is 14.6 Å². The molecule has 0 aliphatic heterocycles. The molecular formula is C21H22F2N4O. The van der Waals surface area contributed by atoms with Crippen LogP contribution in [0.3, 0.4) is 0 Å². The van der Waals surface area contributed by atoms with E-state index in [2.05, 4.69) is 10.4 Å². The van der Waals surface area contributed by atoms with Crippen LogP contribution < -0.4 is 11.1 Å². The van der Waals surface area contributed by atoms with E-state index in [1.807, 2.05) is 6.92 Å². The lowest BCUT2D eigenvalue weighted by Gasteiger charge is -2.13. The van der Waals surface area contributed by atoms with Crippen molar-refractivity contribution in [3.8, 4) is 11.1 Å². The first kappa shape index (κ1) is 19.7. The van der Waals surface area contributed by atoms with E-state index in [4.69, 9.17) is 5.73 Å². The van der Waals surface area contributed by atoms with Gasteiger partial charge in [0.2, 0.25) is 5.91 Å². The Morgan fingerprint density at radius 1 is 1.11 bits per heavy atom. The lowest BCUT2D eigenvalue weighted by Crippen LogP contribution is -2.29. The van der Waals surface area contributed by atoms with Crippen LogP contribution in [0.2, 0.25) is 0 Å². The van der Waals surface area contributed by atoms with E-state index in [0.717, 1.165) is 22.4 Å². The molecule has 146 valence electrons. The van der Waals surface area contributed by atoms with E-state index >= 15 is 0 Å². The number of anilines is 1. The van der Waals surface area contributed by atoms with Gasteiger partial charge in [0.15, 0.2) is 0 Å². The Morgan fingerprint density at radius 2 is 1.68 bits per heavy atom. The first-order chi connectivity index (χ1) is 13.3. The van der Waals surface area contributed by atoms with Gasteiger partial charge in [0.25, 0.3) is 0 Å². The van der Waals surface area contributed by atoms with Crippen LogP contribution in [-0.2, 0) is 18.3 Å². The second-order valence-corrected chi connectivity index (χ2v) is 6.78. The maximum atomic E-state index is 13.2. The molecule has 0 aliphatic carbocycles. The highest BCUT2D eigenvalue weighted by molar-refractivity contribution is 5.95. The Bertz CT molecular complexity index is 965. The highest BCUT2D eigenvalue weighted by Crippen LogP contribution is 2.31. The molecule has 0 spiro atoms. The number of halogens is 2. The third-order valence-electron chi connectivity index (χ3n) is 4.47. The summed E-state index contributed by atoms with van der Waals surface area (Å²) in [5.41, 5.74) is 9.18. The first-order valence-electron chi connectivity index (χ1n) is 8.93. The third-order valence-corrected chi connectivity index (χ3v) is 4.47. The molecule has 0 bridgehead atoms. The van der Waals surface area contributed by atoms with Crippen molar-refractivity contribution in [3.63, 3.8) is 0 Å². The number of nitrogens with zero attached hydrogens (tertiary/aromatic N) is 2. The van der Waals surface area contributed by atoms with E-state index in [0.29, 0.717) is 12.2 Å². The molecule has 1 atom stereocenters. The van der Waals surface area contributed by atoms with Crippen molar-refractivity contribution in [2.75, 3.05) is 5.32 Å². The smallest absolute Gasteiger partial charge is 0.227 e. The zero-order valence-corrected chi connectivity index (χ0v) is 15.7. The molecule has 0 radical (unpaired) electrons. The van der Waals surface area contributed by atoms with Crippen LogP contribution in [-0.4, -0.2) is 21.7 Å². The molecule has 0 saturated carbocycles. The fraction of sp³-hybridized carbons (Fsp3) is 0.238. The van der Waals surface area contributed by atoms with Crippen LogP contribution in [0.25, 0.3) is 11.1 Å². The van der Waals surface area contributed by atoms with Gasteiger partial charge in [-0.3, -0.25) is 9.48 Å². The number of nitrogens with one attached hydrogen (secondary N) is 1. The van der Waals surface area contributed by atoms with E-state index in [1.54, 1.807) is 36.0 Å². The molecule has 1 heterocycles. The number of aryl methyl sites for hydroxylation is 2. The van der Waals surface area contributed by atoms with Crippen LogP contribution >= 0.6 is 0 Å². The maximum absolute atomic E-state index is 13.2. The van der Waals surface area contributed by atoms with Gasteiger partial charge in [-0.1, -0.05) is 24.3 Å². The Kier molecular flexibility index (Phi) is 5.84. The van der Waals surface area contributed by atoms with E-state index in [-0.39, 0.29) is 24.0 Å². The number of carbonyl (C=O) groups excluding carboxylic acids is 1. The van der Waals surface area contributed by atoms with Crippen molar-refractivity contribution in [1.82, 2.24) is 9.78 Å². The van der Waals surface area contributed by atoms with Gasteiger partial charge in [-0.2, -0.15) is 5.10 Å². The molecule has 3 aromatic rings. The van der Waals surface area contributed by atoms with Crippen LogP contribution in [0, 0.1) is 18.6 Å². The van der Waals surface area contributed by atoms with Crippen molar-refractivity contribution in [1.29, 1.82) is 0 Å². The number of amides is 1. The average Bonchev–Trinajstić information content (AvgIpc) is 2.91. The van der Waals surface area contributed by atoms with Gasteiger partial charge in [-0.15, -0.1) is 0 Å². The molecule has 5 nitrogen and oxygen atoms in total. The fourth-order valence-electron chi connectivity index (χ4n) is 3.18. The van der Waals surface area contributed by atoms with E-state index in [9.17, 15) is 13.6 Å². The predicted octanol–water partition coefficient (Wildman–Crippen LogP) is 3.57. The molecule has 0 saturated heterocycles. The Morgan fingerprint density at radius 3 is 2.29 bits per heavy atom. The number of rotatable bonds is 6. The Balaban J connectivity index is 1.71. The number of carbonyl (C=O) groups is 1. The minimum Gasteiger partial charge on any atom is -0.327 e. The van der Waals surface area contributed by atoms with Gasteiger partial charge in [-0.25, -0.2) is 8.78 Å². The largest absolute Gasteiger partial charge is 0.327 e. The highest BCUT2D eigenvalue weighted by Gasteiger charge is 2.19. The molecule has 0 aliphatic rings. The van der Waals surface area contributed by atoms with Gasteiger partial charge in [-0.05, 0) is 48.7 Å². The zero-order valence-electron chi connectivity index (χ0n) is 15.7. The number of hydrogen-bond donors (Lipinski definition) is 2. The SMILES string of the molecule is Cc1nn(C)c(NC(=O)C[C@H](N)Cc2ccc(F)cc2)c1-c1ccc(F)cc1. The normalized spacial score (nSPS) is 12.0. The summed E-state index contributed by atoms with van der Waals surface area (Å²) < 4.78 is 27.8. The second kappa shape index (κ2) is 8.31. The van der Waals surface area contributed by atoms with E-state index < -0.39 is 6.04 Å². The molecule has 7 heteroatoms. The summed E-state index contributed by atoms with van der Waals surface area (Å²) >= 11 is 0. The van der Waals surface area contributed by atoms with Gasteiger partial charge >= 0.3 is 0 Å². The monoisotopic (exact) mass is 384 g/mol. The van der Waals surface area contributed by atoms with Crippen LogP contribution in [0.5, 0.6) is 0 Å². The molecule has 1 aromatic heterocycles. The minimum absolute atomic E-state index is 0.102. The summed E-state index contributed by atoms with van der Waals surface area (Å²) in [6, 6.07) is 11.7. The first-order valence-corrected chi connectivity index (χ1v) is 8.93.